The van der Waals surface area contributed by atoms with Crippen LogP contribution in [0.5, 0.6) is 0 Å². The summed E-state index contributed by atoms with van der Waals surface area (Å²) >= 11 is 0. The molecule has 0 aliphatic carbocycles. The molecular formula is C65H120O6. The molecule has 2 atom stereocenters. The second kappa shape index (κ2) is 57.2. The van der Waals surface area contributed by atoms with Gasteiger partial charge in [-0.1, -0.05) is 263 Å². The molecule has 0 spiro atoms. The van der Waals surface area contributed by atoms with Gasteiger partial charge in [0, 0.05) is 19.3 Å². The molecule has 0 radical (unpaired) electrons. The molecular weight excluding hydrogens is 877 g/mol. The Balaban J connectivity index is 4.58. The third-order valence-corrected chi connectivity index (χ3v) is 14.6. The fourth-order valence-electron chi connectivity index (χ4n) is 9.67. The van der Waals surface area contributed by atoms with Crippen LogP contribution < -0.4 is 0 Å². The highest BCUT2D eigenvalue weighted by Crippen LogP contribution is 2.20. The van der Waals surface area contributed by atoms with Gasteiger partial charge in [-0.25, -0.2) is 0 Å². The predicted molar refractivity (Wildman–Crippen MR) is 307 cm³/mol. The summed E-state index contributed by atoms with van der Waals surface area (Å²) in [4.78, 5) is 39.5. The zero-order valence-electron chi connectivity index (χ0n) is 47.6. The molecule has 0 rings (SSSR count). The number of hydrogen-bond acceptors (Lipinski definition) is 6. The van der Waals surface area contributed by atoms with E-state index in [9.17, 15) is 24.6 Å². The van der Waals surface area contributed by atoms with Gasteiger partial charge in [0.2, 0.25) is 0 Å². The lowest BCUT2D eigenvalue weighted by Gasteiger charge is -2.26. The Morgan fingerprint density at radius 2 is 0.493 bits per heavy atom. The zero-order chi connectivity index (χ0) is 51.8. The SMILES string of the molecule is CCCCCCCC/C=C\CCCCCCCCCCCC(=O)C(O)C(OC(=O)CCCCCCC/C=C\CCCCCCCC)C(O)C(=O)CCCCCCCCCCC/C=C\CCCCCCCC. The summed E-state index contributed by atoms with van der Waals surface area (Å²) in [6.45, 7) is 6.79. The number of aliphatic hydroxyl groups is 2. The number of unbranched alkanes of at least 4 members (excludes halogenated alkanes) is 41. The Kier molecular flexibility index (Phi) is 55.6. The number of carbonyl (C=O) groups excluding carboxylic acids is 3. The average molecular weight is 998 g/mol. The molecule has 0 aromatic carbocycles. The molecule has 0 amide bonds. The second-order valence-corrected chi connectivity index (χ2v) is 21.6. The molecule has 0 saturated heterocycles. The minimum absolute atomic E-state index is 0.142. The van der Waals surface area contributed by atoms with E-state index in [4.69, 9.17) is 4.74 Å². The summed E-state index contributed by atoms with van der Waals surface area (Å²) < 4.78 is 5.63. The lowest BCUT2D eigenvalue weighted by Crippen LogP contribution is -2.48. The van der Waals surface area contributed by atoms with E-state index in [0.717, 1.165) is 70.6 Å². The summed E-state index contributed by atoms with van der Waals surface area (Å²) in [6, 6.07) is 0. The van der Waals surface area contributed by atoms with Gasteiger partial charge in [-0.3, -0.25) is 14.4 Å². The standard InChI is InChI=1S/C65H120O6/c1-4-7-10-13-16-19-22-25-28-30-32-34-37-39-42-45-48-51-54-57-60(66)63(69)65(71-62(68)59-56-53-50-47-44-41-36-27-24-21-18-15-12-9-6-3)64(70)61(67)58-55-52-49-46-43-40-38-35-33-31-29-26-23-20-17-14-11-8-5-2/h25-29,36,63-65,69-70H,4-24,30-35,37-59H2,1-3H3/b28-25-,29-26-,36-27-. The van der Waals surface area contributed by atoms with Crippen molar-refractivity contribution in [2.24, 2.45) is 0 Å². The van der Waals surface area contributed by atoms with Gasteiger partial charge in [0.15, 0.2) is 29.9 Å². The van der Waals surface area contributed by atoms with Gasteiger partial charge in [-0.2, -0.15) is 0 Å². The number of hydrogen-bond donors (Lipinski definition) is 2. The first-order valence-corrected chi connectivity index (χ1v) is 31.4. The lowest BCUT2D eigenvalue weighted by atomic mass is 9.95. The maximum absolute atomic E-state index is 13.2. The minimum atomic E-state index is -1.71. The first-order valence-electron chi connectivity index (χ1n) is 31.4. The first-order chi connectivity index (χ1) is 34.9. The molecule has 6 nitrogen and oxygen atoms in total. The summed E-state index contributed by atoms with van der Waals surface area (Å²) in [5.74, 6) is -1.49. The van der Waals surface area contributed by atoms with Gasteiger partial charge >= 0.3 is 5.97 Å². The van der Waals surface area contributed by atoms with Crippen LogP contribution in [-0.2, 0) is 19.1 Å². The van der Waals surface area contributed by atoms with Crippen molar-refractivity contribution in [3.8, 4) is 0 Å². The molecule has 0 aromatic heterocycles. The van der Waals surface area contributed by atoms with Crippen LogP contribution in [0, 0.1) is 0 Å². The Morgan fingerprint density at radius 3 is 0.732 bits per heavy atom. The van der Waals surface area contributed by atoms with E-state index in [2.05, 4.69) is 57.2 Å². The Hall–Kier alpha value is -2.05. The lowest BCUT2D eigenvalue weighted by molar-refractivity contribution is -0.170. The molecule has 0 aromatic rings. The molecule has 416 valence electrons. The second-order valence-electron chi connectivity index (χ2n) is 21.6. The van der Waals surface area contributed by atoms with Crippen LogP contribution in [0.15, 0.2) is 36.5 Å². The maximum atomic E-state index is 13.2. The number of ether oxygens (including phenoxy) is 1. The molecule has 2 N–H and O–H groups in total. The van der Waals surface area contributed by atoms with Gasteiger partial charge in [-0.15, -0.1) is 0 Å². The fourth-order valence-corrected chi connectivity index (χ4v) is 9.67. The smallest absolute Gasteiger partial charge is 0.306 e. The van der Waals surface area contributed by atoms with Crippen molar-refractivity contribution in [3.63, 3.8) is 0 Å². The van der Waals surface area contributed by atoms with E-state index >= 15 is 0 Å². The van der Waals surface area contributed by atoms with Crippen LogP contribution in [0.25, 0.3) is 0 Å². The molecule has 0 aliphatic heterocycles. The quantitative estimate of drug-likeness (QED) is 0.0358. The summed E-state index contributed by atoms with van der Waals surface area (Å²) in [5.41, 5.74) is 0. The zero-order valence-corrected chi connectivity index (χ0v) is 47.6. The van der Waals surface area contributed by atoms with Crippen LogP contribution in [0.2, 0.25) is 0 Å². The summed E-state index contributed by atoms with van der Waals surface area (Å²) in [6.07, 6.45) is 65.7. The average Bonchev–Trinajstić information content (AvgIpc) is 3.37. The molecule has 2 unspecified atom stereocenters. The largest absolute Gasteiger partial charge is 0.456 e. The fraction of sp³-hybridized carbons (Fsp3) is 0.862. The minimum Gasteiger partial charge on any atom is -0.456 e. The third-order valence-electron chi connectivity index (χ3n) is 14.6. The van der Waals surface area contributed by atoms with Crippen molar-refractivity contribution in [1.29, 1.82) is 0 Å². The normalized spacial score (nSPS) is 13.3. The van der Waals surface area contributed by atoms with Crippen LogP contribution in [0.3, 0.4) is 0 Å². The molecule has 0 heterocycles. The van der Waals surface area contributed by atoms with Gasteiger partial charge in [-0.05, 0) is 96.3 Å². The number of esters is 1. The number of allylic oxidation sites excluding steroid dienone is 6. The first kappa shape index (κ1) is 69.0. The van der Waals surface area contributed by atoms with Crippen molar-refractivity contribution >= 4 is 17.5 Å². The predicted octanol–water partition coefficient (Wildman–Crippen LogP) is 20.0. The monoisotopic (exact) mass is 997 g/mol. The molecule has 71 heavy (non-hydrogen) atoms. The van der Waals surface area contributed by atoms with Gasteiger partial charge in [0.05, 0.1) is 0 Å². The van der Waals surface area contributed by atoms with E-state index in [1.165, 1.54) is 212 Å². The topological polar surface area (TPSA) is 101 Å². The Bertz CT molecular complexity index is 1160. The summed E-state index contributed by atoms with van der Waals surface area (Å²) in [5, 5.41) is 22.4. The molecule has 6 heteroatoms. The van der Waals surface area contributed by atoms with E-state index in [0.29, 0.717) is 19.3 Å². The molecule has 0 fully saturated rings. The molecule has 0 saturated carbocycles. The highest BCUT2D eigenvalue weighted by atomic mass is 16.6. The number of rotatable bonds is 58. The van der Waals surface area contributed by atoms with Crippen molar-refractivity contribution in [3.05, 3.63) is 36.5 Å². The number of Topliss-reactive ketones (excluding diaryl/α,β-unsaturated/α-hetero) is 2. The van der Waals surface area contributed by atoms with Gasteiger partial charge in [0.25, 0.3) is 0 Å². The van der Waals surface area contributed by atoms with E-state index in [1.54, 1.807) is 0 Å². The van der Waals surface area contributed by atoms with Crippen molar-refractivity contribution < 1.29 is 29.3 Å². The van der Waals surface area contributed by atoms with Gasteiger partial charge in [0.1, 0.15) is 0 Å². The summed E-state index contributed by atoms with van der Waals surface area (Å²) in [7, 11) is 0. The number of ketones is 2. The van der Waals surface area contributed by atoms with E-state index in [1.807, 2.05) is 0 Å². The highest BCUT2D eigenvalue weighted by Gasteiger charge is 2.38. The molecule has 0 aliphatic rings. The number of carbonyl (C=O) groups is 3. The Labute approximate surface area is 441 Å². The van der Waals surface area contributed by atoms with Crippen molar-refractivity contribution in [2.75, 3.05) is 0 Å². The highest BCUT2D eigenvalue weighted by molar-refractivity contribution is 5.88. The van der Waals surface area contributed by atoms with Crippen molar-refractivity contribution in [1.82, 2.24) is 0 Å². The molecule has 0 bridgehead atoms. The Morgan fingerprint density at radius 1 is 0.296 bits per heavy atom. The van der Waals surface area contributed by atoms with Crippen LogP contribution in [0.4, 0.5) is 0 Å². The van der Waals surface area contributed by atoms with E-state index in [-0.39, 0.29) is 19.3 Å². The van der Waals surface area contributed by atoms with Crippen LogP contribution >= 0.6 is 0 Å². The van der Waals surface area contributed by atoms with Gasteiger partial charge < -0.3 is 14.9 Å². The van der Waals surface area contributed by atoms with Crippen LogP contribution in [0.1, 0.15) is 342 Å². The maximum Gasteiger partial charge on any atom is 0.306 e. The van der Waals surface area contributed by atoms with Crippen LogP contribution in [-0.4, -0.2) is 46.1 Å². The third kappa shape index (κ3) is 49.9. The van der Waals surface area contributed by atoms with E-state index < -0.39 is 35.8 Å². The van der Waals surface area contributed by atoms with Crippen molar-refractivity contribution in [2.45, 2.75) is 360 Å². The number of aliphatic hydroxyl groups excluding tert-OH is 2.